The highest BCUT2D eigenvalue weighted by molar-refractivity contribution is 5.79. The molecule has 3 aromatic carbocycles. The van der Waals surface area contributed by atoms with Gasteiger partial charge in [-0.3, -0.25) is 14.9 Å². The second-order valence-electron chi connectivity index (χ2n) is 7.82. The molecule has 0 saturated heterocycles. The van der Waals surface area contributed by atoms with Crippen LogP contribution in [0.2, 0.25) is 0 Å². The number of nitro groups is 1. The first-order chi connectivity index (χ1) is 16.4. The van der Waals surface area contributed by atoms with E-state index in [0.29, 0.717) is 5.56 Å². The predicted octanol–water partition coefficient (Wildman–Crippen LogP) is 4.77. The minimum atomic E-state index is -1.14. The van der Waals surface area contributed by atoms with Crippen LogP contribution in [0.25, 0.3) is 17.2 Å². The first-order valence-corrected chi connectivity index (χ1v) is 10.7. The number of hydrogen-bond acceptors (Lipinski definition) is 5. The van der Waals surface area contributed by atoms with Gasteiger partial charge in [-0.1, -0.05) is 72.8 Å². The smallest absolute Gasteiger partial charge is 0.407 e. The van der Waals surface area contributed by atoms with Crippen molar-refractivity contribution < 1.29 is 24.4 Å². The van der Waals surface area contributed by atoms with Crippen LogP contribution in [0.4, 0.5) is 10.5 Å². The molecule has 8 heteroatoms. The van der Waals surface area contributed by atoms with Gasteiger partial charge in [0.05, 0.1) is 11.3 Å². The van der Waals surface area contributed by atoms with Crippen molar-refractivity contribution in [1.82, 2.24) is 5.32 Å². The number of fused-ring (bicyclic) bond motifs is 3. The van der Waals surface area contributed by atoms with E-state index < -0.39 is 23.4 Å². The zero-order valence-electron chi connectivity index (χ0n) is 18.1. The normalized spacial score (nSPS) is 12.2. The number of nitro benzene ring substituents is 1. The Labute approximate surface area is 195 Å². The molecule has 0 radical (unpaired) electrons. The highest BCUT2D eigenvalue weighted by Gasteiger charge is 2.28. The highest BCUT2D eigenvalue weighted by atomic mass is 16.6. The summed E-state index contributed by atoms with van der Waals surface area (Å²) in [6, 6.07) is 20.5. The van der Waals surface area contributed by atoms with Crippen molar-refractivity contribution in [3.05, 3.63) is 105 Å². The molecule has 2 N–H and O–H groups in total. The number of nitrogens with zero attached hydrogens (tertiary/aromatic N) is 1. The van der Waals surface area contributed by atoms with E-state index in [1.165, 1.54) is 12.1 Å². The van der Waals surface area contributed by atoms with Gasteiger partial charge in [-0.05, 0) is 27.8 Å². The Bertz CT molecular complexity index is 1240. The molecule has 0 aliphatic heterocycles. The van der Waals surface area contributed by atoms with Crippen LogP contribution >= 0.6 is 0 Å². The topological polar surface area (TPSA) is 119 Å². The quantitative estimate of drug-likeness (QED) is 0.371. The van der Waals surface area contributed by atoms with E-state index in [1.807, 2.05) is 36.4 Å². The van der Waals surface area contributed by atoms with Gasteiger partial charge in [0.15, 0.2) is 0 Å². The molecule has 1 aliphatic rings. The summed E-state index contributed by atoms with van der Waals surface area (Å²) in [7, 11) is 0. The third kappa shape index (κ3) is 4.96. The summed E-state index contributed by atoms with van der Waals surface area (Å²) in [4.78, 5) is 33.7. The number of nitrogens with one attached hydrogen (secondary N) is 1. The molecule has 3 aromatic rings. The van der Waals surface area contributed by atoms with Gasteiger partial charge in [-0.2, -0.15) is 0 Å². The fourth-order valence-electron chi connectivity index (χ4n) is 4.15. The van der Waals surface area contributed by atoms with Crippen molar-refractivity contribution in [2.75, 3.05) is 13.2 Å². The van der Waals surface area contributed by atoms with Crippen molar-refractivity contribution in [3.8, 4) is 11.1 Å². The van der Waals surface area contributed by atoms with E-state index in [-0.39, 0.29) is 30.3 Å². The van der Waals surface area contributed by atoms with Crippen molar-refractivity contribution in [2.24, 2.45) is 0 Å². The Morgan fingerprint density at radius 1 is 1.03 bits per heavy atom. The van der Waals surface area contributed by atoms with Crippen LogP contribution in [-0.4, -0.2) is 35.2 Å². The van der Waals surface area contributed by atoms with E-state index in [0.717, 1.165) is 22.3 Å². The van der Waals surface area contributed by atoms with Gasteiger partial charge in [0.25, 0.3) is 5.69 Å². The molecule has 4 rings (SSSR count). The lowest BCUT2D eigenvalue weighted by molar-refractivity contribution is -0.385. The second kappa shape index (κ2) is 9.99. The van der Waals surface area contributed by atoms with Gasteiger partial charge in [0, 0.05) is 24.1 Å². The average Bonchev–Trinajstić information content (AvgIpc) is 3.14. The summed E-state index contributed by atoms with van der Waals surface area (Å²) >= 11 is 0. The number of alkyl carbamates (subject to hydrolysis) is 1. The zero-order valence-corrected chi connectivity index (χ0v) is 18.1. The van der Waals surface area contributed by atoms with Crippen molar-refractivity contribution in [2.45, 2.75) is 12.3 Å². The van der Waals surface area contributed by atoms with E-state index in [9.17, 15) is 19.7 Å². The number of carboxylic acid groups (broad SMARTS) is 1. The molecule has 8 nitrogen and oxygen atoms in total. The predicted molar refractivity (Wildman–Crippen MR) is 127 cm³/mol. The van der Waals surface area contributed by atoms with Gasteiger partial charge in [-0.25, -0.2) is 4.79 Å². The zero-order chi connectivity index (χ0) is 24.1. The number of benzene rings is 3. The maximum atomic E-state index is 12.2. The van der Waals surface area contributed by atoms with E-state index in [1.54, 1.807) is 18.2 Å². The highest BCUT2D eigenvalue weighted by Crippen LogP contribution is 2.44. The Morgan fingerprint density at radius 2 is 1.68 bits per heavy atom. The van der Waals surface area contributed by atoms with Gasteiger partial charge >= 0.3 is 12.1 Å². The minimum absolute atomic E-state index is 0.0291. The molecule has 0 atom stereocenters. The summed E-state index contributed by atoms with van der Waals surface area (Å²) in [6.45, 7) is 0.377. The average molecular weight is 458 g/mol. The number of rotatable bonds is 8. The van der Waals surface area contributed by atoms with E-state index in [2.05, 4.69) is 17.4 Å². The van der Waals surface area contributed by atoms with Gasteiger partial charge in [0.2, 0.25) is 0 Å². The largest absolute Gasteiger partial charge is 0.481 e. The molecular formula is C26H22N2O6. The SMILES string of the molecule is O=C(O)Cc1ccc(C=CCNC(=O)OCC2c3ccccc3-c3ccccc32)cc1[N+](=O)[O-]. The standard InChI is InChI=1S/C26H22N2O6/c29-25(30)15-18-12-11-17(14-24(18)28(32)33)6-5-13-27-26(31)34-16-23-21-9-3-1-7-19(21)20-8-2-4-10-22(20)23/h1-12,14,23H,13,15-16H2,(H,27,31)(H,29,30). The van der Waals surface area contributed by atoms with Gasteiger partial charge < -0.3 is 15.2 Å². The third-order valence-electron chi connectivity index (χ3n) is 5.67. The van der Waals surface area contributed by atoms with Crippen LogP contribution < -0.4 is 5.32 Å². The van der Waals surface area contributed by atoms with Gasteiger partial charge in [-0.15, -0.1) is 0 Å². The molecule has 1 amide bonds. The third-order valence-corrected chi connectivity index (χ3v) is 5.67. The molecule has 0 bridgehead atoms. The number of ether oxygens (including phenoxy) is 1. The molecule has 0 saturated carbocycles. The monoisotopic (exact) mass is 458 g/mol. The summed E-state index contributed by atoms with van der Waals surface area (Å²) < 4.78 is 5.47. The first-order valence-electron chi connectivity index (χ1n) is 10.7. The second-order valence-corrected chi connectivity index (χ2v) is 7.82. The fraction of sp³-hybridized carbons (Fsp3) is 0.154. The molecule has 0 aromatic heterocycles. The lowest BCUT2D eigenvalue weighted by Crippen LogP contribution is -2.26. The molecule has 1 aliphatic carbocycles. The molecular weight excluding hydrogens is 436 g/mol. The number of aliphatic carboxylic acids is 1. The van der Waals surface area contributed by atoms with Crippen molar-refractivity contribution in [1.29, 1.82) is 0 Å². The summed E-state index contributed by atoms with van der Waals surface area (Å²) in [5, 5.41) is 22.8. The van der Waals surface area contributed by atoms with Crippen LogP contribution in [0, 0.1) is 10.1 Å². The Hall–Kier alpha value is -4.46. The number of hydrogen-bond donors (Lipinski definition) is 2. The van der Waals surface area contributed by atoms with Crippen LogP contribution in [0.5, 0.6) is 0 Å². The van der Waals surface area contributed by atoms with Crippen molar-refractivity contribution >= 4 is 23.8 Å². The summed E-state index contributed by atoms with van der Waals surface area (Å²) in [5.74, 6) is -1.17. The first kappa shape index (κ1) is 22.7. The Balaban J connectivity index is 1.33. The van der Waals surface area contributed by atoms with Crippen LogP contribution in [0.3, 0.4) is 0 Å². The van der Waals surface area contributed by atoms with E-state index >= 15 is 0 Å². The van der Waals surface area contributed by atoms with Gasteiger partial charge in [0.1, 0.15) is 6.61 Å². The maximum absolute atomic E-state index is 12.2. The van der Waals surface area contributed by atoms with Crippen LogP contribution in [0.15, 0.2) is 72.8 Å². The van der Waals surface area contributed by atoms with Crippen LogP contribution in [0.1, 0.15) is 28.2 Å². The summed E-state index contributed by atoms with van der Waals surface area (Å²) in [5.41, 5.74) is 4.96. The fourth-order valence-corrected chi connectivity index (χ4v) is 4.15. The number of amides is 1. The number of carboxylic acids is 1. The van der Waals surface area contributed by atoms with E-state index in [4.69, 9.17) is 9.84 Å². The maximum Gasteiger partial charge on any atom is 0.407 e. The number of carbonyl (C=O) groups is 2. The van der Waals surface area contributed by atoms with Crippen LogP contribution in [-0.2, 0) is 16.0 Å². The lowest BCUT2D eigenvalue weighted by atomic mass is 9.98. The number of carbonyl (C=O) groups excluding carboxylic acids is 1. The molecule has 0 unspecified atom stereocenters. The molecule has 34 heavy (non-hydrogen) atoms. The molecule has 0 heterocycles. The molecule has 0 spiro atoms. The summed E-state index contributed by atoms with van der Waals surface area (Å²) in [6.07, 6.45) is 2.26. The minimum Gasteiger partial charge on any atom is -0.481 e. The lowest BCUT2D eigenvalue weighted by Gasteiger charge is -2.14. The molecule has 172 valence electrons. The Morgan fingerprint density at radius 3 is 2.29 bits per heavy atom. The molecule has 0 fully saturated rings. The Kier molecular flexibility index (Phi) is 6.68. The van der Waals surface area contributed by atoms with Crippen molar-refractivity contribution in [3.63, 3.8) is 0 Å².